The monoisotopic (exact) mass is 376 g/mol. The normalized spacial score (nSPS) is 10.2. The summed E-state index contributed by atoms with van der Waals surface area (Å²) in [7, 11) is 0. The van der Waals surface area contributed by atoms with Gasteiger partial charge >= 0.3 is 0 Å². The molecular weight excluding hydrogens is 360 g/mol. The van der Waals surface area contributed by atoms with E-state index in [1.54, 1.807) is 30.3 Å². The van der Waals surface area contributed by atoms with Crippen LogP contribution < -0.4 is 5.32 Å². The van der Waals surface area contributed by atoms with Crippen molar-refractivity contribution in [3.05, 3.63) is 98.4 Å². The van der Waals surface area contributed by atoms with Crippen LogP contribution in [0.4, 0.5) is 17.1 Å². The maximum absolute atomic E-state index is 12.8. The first-order valence-electron chi connectivity index (χ1n) is 8.31. The van der Waals surface area contributed by atoms with Crippen LogP contribution in [0, 0.1) is 13.8 Å². The number of benzene rings is 3. The summed E-state index contributed by atoms with van der Waals surface area (Å²) in [5, 5.41) is 7.45. The van der Waals surface area contributed by atoms with E-state index in [9.17, 15) is 4.79 Å². The Hall–Kier alpha value is -3.27. The van der Waals surface area contributed by atoms with Crippen molar-refractivity contribution in [2.75, 3.05) is 5.32 Å². The third-order valence-corrected chi connectivity index (χ3v) is 4.49. The number of hydrogen-bond donors (Lipinski definition) is 1. The predicted octanol–water partition coefficient (Wildman–Crippen LogP) is 6.87. The number of rotatable bonds is 5. The van der Waals surface area contributed by atoms with E-state index in [1.165, 1.54) is 0 Å². The van der Waals surface area contributed by atoms with E-state index in [4.69, 9.17) is 17.1 Å². The highest BCUT2D eigenvalue weighted by atomic mass is 35.5. The minimum atomic E-state index is -0.123. The molecule has 0 amide bonds. The van der Waals surface area contributed by atoms with Crippen molar-refractivity contribution in [3.63, 3.8) is 0 Å². The highest BCUT2D eigenvalue weighted by molar-refractivity contribution is 6.33. The van der Waals surface area contributed by atoms with E-state index in [-0.39, 0.29) is 5.78 Å². The molecular formula is C21H17ClN4O. The van der Waals surface area contributed by atoms with Crippen LogP contribution in [-0.2, 0) is 0 Å². The van der Waals surface area contributed by atoms with E-state index >= 15 is 0 Å². The lowest BCUT2D eigenvalue weighted by Crippen LogP contribution is -2.03. The van der Waals surface area contributed by atoms with Crippen LogP contribution in [0.1, 0.15) is 27.0 Å². The van der Waals surface area contributed by atoms with Gasteiger partial charge in [0.1, 0.15) is 0 Å². The number of nitrogens with one attached hydrogen (secondary N) is 1. The Kier molecular flexibility index (Phi) is 5.46. The zero-order valence-corrected chi connectivity index (χ0v) is 15.7. The molecule has 27 heavy (non-hydrogen) atoms. The van der Waals surface area contributed by atoms with Crippen molar-refractivity contribution < 1.29 is 4.79 Å². The topological polar surface area (TPSA) is 77.9 Å². The van der Waals surface area contributed by atoms with Gasteiger partial charge in [0.15, 0.2) is 5.78 Å². The smallest absolute Gasteiger partial charge is 0.193 e. The average molecular weight is 377 g/mol. The van der Waals surface area contributed by atoms with Crippen molar-refractivity contribution in [1.82, 2.24) is 0 Å². The zero-order valence-electron chi connectivity index (χ0n) is 14.9. The number of ketones is 1. The zero-order chi connectivity index (χ0) is 19.4. The summed E-state index contributed by atoms with van der Waals surface area (Å²) in [5.41, 5.74) is 13.6. The van der Waals surface area contributed by atoms with Crippen molar-refractivity contribution in [3.8, 4) is 0 Å². The van der Waals surface area contributed by atoms with E-state index in [2.05, 4.69) is 15.3 Å². The number of anilines is 2. The van der Waals surface area contributed by atoms with Gasteiger partial charge in [-0.2, -0.15) is 0 Å². The summed E-state index contributed by atoms with van der Waals surface area (Å²) in [5.74, 6) is -0.123. The quantitative estimate of drug-likeness (QED) is 0.228. The highest BCUT2D eigenvalue weighted by Crippen LogP contribution is 2.27. The molecule has 0 aromatic heterocycles. The predicted molar refractivity (Wildman–Crippen MR) is 109 cm³/mol. The summed E-state index contributed by atoms with van der Waals surface area (Å²) >= 11 is 6.25. The number of carbonyl (C=O) groups excluding carboxylic acids is 1. The van der Waals surface area contributed by atoms with Gasteiger partial charge in [-0.1, -0.05) is 34.9 Å². The Morgan fingerprint density at radius 2 is 1.78 bits per heavy atom. The molecule has 0 bridgehead atoms. The van der Waals surface area contributed by atoms with E-state index in [0.717, 1.165) is 22.5 Å². The molecule has 0 unspecified atom stereocenters. The number of azide groups is 1. The Labute approximate surface area is 162 Å². The van der Waals surface area contributed by atoms with Crippen LogP contribution in [0.25, 0.3) is 10.4 Å². The second kappa shape index (κ2) is 7.96. The van der Waals surface area contributed by atoms with Gasteiger partial charge in [-0.15, -0.1) is 0 Å². The molecule has 6 heteroatoms. The van der Waals surface area contributed by atoms with Crippen LogP contribution in [0.15, 0.2) is 65.8 Å². The number of hydrogen-bond acceptors (Lipinski definition) is 3. The molecule has 0 saturated carbocycles. The summed E-state index contributed by atoms with van der Waals surface area (Å²) in [4.78, 5) is 15.6. The number of carbonyl (C=O) groups is 1. The highest BCUT2D eigenvalue weighted by Gasteiger charge is 2.12. The van der Waals surface area contributed by atoms with Crippen molar-refractivity contribution in [1.29, 1.82) is 0 Å². The van der Waals surface area contributed by atoms with Crippen LogP contribution in [-0.4, -0.2) is 5.78 Å². The van der Waals surface area contributed by atoms with Crippen LogP contribution in [0.3, 0.4) is 0 Å². The number of halogens is 1. The third-order valence-electron chi connectivity index (χ3n) is 4.18. The lowest BCUT2D eigenvalue weighted by Gasteiger charge is -2.10. The number of aryl methyl sites for hydroxylation is 2. The van der Waals surface area contributed by atoms with E-state index in [1.807, 2.05) is 44.2 Å². The Balaban J connectivity index is 1.84. The van der Waals surface area contributed by atoms with Gasteiger partial charge in [-0.25, -0.2) is 0 Å². The van der Waals surface area contributed by atoms with Crippen LogP contribution in [0.2, 0.25) is 5.02 Å². The molecule has 0 aliphatic rings. The summed E-state index contributed by atoms with van der Waals surface area (Å²) in [6.45, 7) is 3.83. The fourth-order valence-electron chi connectivity index (χ4n) is 2.71. The van der Waals surface area contributed by atoms with Gasteiger partial charge in [-0.05, 0) is 73.0 Å². The molecule has 0 aliphatic heterocycles. The lowest BCUT2D eigenvalue weighted by atomic mass is 9.98. The van der Waals surface area contributed by atoms with Crippen molar-refractivity contribution in [2.45, 2.75) is 13.8 Å². The van der Waals surface area contributed by atoms with Gasteiger partial charge in [0.25, 0.3) is 0 Å². The first-order chi connectivity index (χ1) is 13.0. The first kappa shape index (κ1) is 18.5. The molecule has 0 spiro atoms. The molecule has 134 valence electrons. The average Bonchev–Trinajstić information content (AvgIpc) is 2.66. The summed E-state index contributed by atoms with van der Waals surface area (Å²) in [6.07, 6.45) is 0. The van der Waals surface area contributed by atoms with Gasteiger partial charge < -0.3 is 5.32 Å². The molecule has 0 heterocycles. The SMILES string of the molecule is Cc1ccc(Nc2ccc(C(=O)c3cc(N=[N+]=[N-])ccc3C)cc2)c(Cl)c1. The molecule has 0 saturated heterocycles. The van der Waals surface area contributed by atoms with Crippen LogP contribution in [0.5, 0.6) is 0 Å². The second-order valence-electron chi connectivity index (χ2n) is 6.20. The maximum atomic E-state index is 12.8. The molecule has 1 N–H and O–H groups in total. The fraction of sp³-hybridized carbons (Fsp3) is 0.0952. The Morgan fingerprint density at radius 1 is 1.04 bits per heavy atom. The third kappa shape index (κ3) is 4.29. The molecule has 0 atom stereocenters. The van der Waals surface area contributed by atoms with E-state index in [0.29, 0.717) is 21.8 Å². The van der Waals surface area contributed by atoms with Gasteiger partial charge in [0.2, 0.25) is 0 Å². The Morgan fingerprint density at radius 3 is 2.44 bits per heavy atom. The second-order valence-corrected chi connectivity index (χ2v) is 6.61. The molecule has 3 aromatic carbocycles. The van der Waals surface area contributed by atoms with Gasteiger partial charge in [0, 0.05) is 27.4 Å². The van der Waals surface area contributed by atoms with Crippen molar-refractivity contribution in [2.24, 2.45) is 5.11 Å². The molecule has 3 rings (SSSR count). The number of nitrogens with zero attached hydrogens (tertiary/aromatic N) is 3. The van der Waals surface area contributed by atoms with Crippen molar-refractivity contribution >= 4 is 34.4 Å². The molecule has 0 fully saturated rings. The van der Waals surface area contributed by atoms with Crippen LogP contribution >= 0.6 is 11.6 Å². The van der Waals surface area contributed by atoms with E-state index < -0.39 is 0 Å². The molecule has 3 aromatic rings. The lowest BCUT2D eigenvalue weighted by molar-refractivity contribution is 0.103. The van der Waals surface area contributed by atoms with Gasteiger partial charge in [-0.3, -0.25) is 4.79 Å². The minimum absolute atomic E-state index is 0.123. The minimum Gasteiger partial charge on any atom is -0.354 e. The fourth-order valence-corrected chi connectivity index (χ4v) is 2.99. The molecule has 0 aliphatic carbocycles. The molecule has 0 radical (unpaired) electrons. The summed E-state index contributed by atoms with van der Waals surface area (Å²) in [6, 6.07) is 18.0. The largest absolute Gasteiger partial charge is 0.354 e. The molecule has 5 nitrogen and oxygen atoms in total. The maximum Gasteiger partial charge on any atom is 0.193 e. The van der Waals surface area contributed by atoms with Gasteiger partial charge in [0.05, 0.1) is 10.7 Å². The first-order valence-corrected chi connectivity index (χ1v) is 8.69. The summed E-state index contributed by atoms with van der Waals surface area (Å²) < 4.78 is 0. The standard InChI is InChI=1S/C21H17ClN4O/c1-13-3-10-20(19(22)11-13)24-16-8-5-15(6-9-16)21(27)18-12-17(25-26-23)7-4-14(18)2/h3-12,24H,1-2H3. The Bertz CT molecular complexity index is 1050.